The number of aliphatic hydroxyl groups excluding tert-OH is 1. The van der Waals surface area contributed by atoms with Gasteiger partial charge in [-0.1, -0.05) is 6.07 Å². The Balaban J connectivity index is 2.62. The van der Waals surface area contributed by atoms with Gasteiger partial charge in [-0.25, -0.2) is 4.79 Å². The Labute approximate surface area is 112 Å². The number of imidazole rings is 1. The molecule has 0 aliphatic heterocycles. The first kappa shape index (κ1) is 13.8. The van der Waals surface area contributed by atoms with E-state index in [0.29, 0.717) is 13.1 Å². The topological polar surface area (TPSA) is 56.4 Å². The summed E-state index contributed by atoms with van der Waals surface area (Å²) in [5.41, 5.74) is 2.54. The number of nitrogens with zero attached hydrogens (tertiary/aromatic N) is 2. The minimum Gasteiger partial charge on any atom is -0.386 e. The van der Waals surface area contributed by atoms with Gasteiger partial charge in [-0.2, -0.15) is 0 Å². The number of rotatable bonds is 5. The number of ether oxygens (including phenoxy) is 1. The minimum absolute atomic E-state index is 0.00150. The Hall–Kier alpha value is -1.59. The third kappa shape index (κ3) is 2.31. The number of fused-ring (bicyclic) bond motifs is 1. The first-order chi connectivity index (χ1) is 9.13. The molecule has 1 aromatic carbocycles. The van der Waals surface area contributed by atoms with Gasteiger partial charge in [-0.05, 0) is 31.5 Å². The fraction of sp³-hybridized carbons (Fsp3) is 0.500. The highest BCUT2D eigenvalue weighted by Gasteiger charge is 2.14. The van der Waals surface area contributed by atoms with Crippen LogP contribution in [0.25, 0.3) is 11.0 Å². The van der Waals surface area contributed by atoms with Crippen molar-refractivity contribution in [3.05, 3.63) is 34.2 Å². The molecule has 0 fully saturated rings. The van der Waals surface area contributed by atoms with Crippen molar-refractivity contribution in [2.24, 2.45) is 0 Å². The highest BCUT2D eigenvalue weighted by atomic mass is 16.5. The zero-order chi connectivity index (χ0) is 14.0. The van der Waals surface area contributed by atoms with Gasteiger partial charge in [0.1, 0.15) is 6.10 Å². The average Bonchev–Trinajstić information content (AvgIpc) is 2.68. The Morgan fingerprint density at radius 2 is 1.84 bits per heavy atom. The molecule has 1 unspecified atom stereocenters. The van der Waals surface area contributed by atoms with Crippen LogP contribution in [0.15, 0.2) is 23.0 Å². The van der Waals surface area contributed by atoms with Gasteiger partial charge in [0, 0.05) is 20.2 Å². The number of aromatic nitrogens is 2. The molecule has 1 atom stereocenters. The number of methoxy groups -OCH3 is 1. The van der Waals surface area contributed by atoms with E-state index in [1.165, 1.54) is 0 Å². The quantitative estimate of drug-likeness (QED) is 0.891. The normalized spacial score (nSPS) is 13.1. The van der Waals surface area contributed by atoms with Gasteiger partial charge in [0.25, 0.3) is 0 Å². The molecular formula is C14H20N2O3. The Bertz CT molecular complexity index is 627. The lowest BCUT2D eigenvalue weighted by Gasteiger charge is -2.10. The van der Waals surface area contributed by atoms with Crippen LogP contribution in [-0.2, 0) is 17.8 Å². The summed E-state index contributed by atoms with van der Waals surface area (Å²) >= 11 is 0. The van der Waals surface area contributed by atoms with Crippen LogP contribution >= 0.6 is 0 Å². The minimum atomic E-state index is -0.667. The highest BCUT2D eigenvalue weighted by Crippen LogP contribution is 2.20. The molecule has 19 heavy (non-hydrogen) atoms. The van der Waals surface area contributed by atoms with Crippen molar-refractivity contribution in [2.45, 2.75) is 33.0 Å². The molecule has 0 bridgehead atoms. The summed E-state index contributed by atoms with van der Waals surface area (Å²) in [5.74, 6) is 0. The second-order valence-electron chi connectivity index (χ2n) is 4.49. The first-order valence-corrected chi connectivity index (χ1v) is 6.54. The van der Waals surface area contributed by atoms with E-state index < -0.39 is 6.10 Å². The van der Waals surface area contributed by atoms with Crippen molar-refractivity contribution in [1.29, 1.82) is 0 Å². The van der Waals surface area contributed by atoms with E-state index in [-0.39, 0.29) is 12.3 Å². The van der Waals surface area contributed by atoms with Gasteiger partial charge in [0.15, 0.2) is 0 Å². The fourth-order valence-corrected chi connectivity index (χ4v) is 2.41. The average molecular weight is 264 g/mol. The molecule has 2 rings (SSSR count). The van der Waals surface area contributed by atoms with Crippen molar-refractivity contribution in [2.75, 3.05) is 13.7 Å². The van der Waals surface area contributed by atoms with Crippen LogP contribution in [-0.4, -0.2) is 28.0 Å². The standard InChI is InChI=1S/C14H20N2O3/c1-4-15-11-7-6-10(13(17)9-19-3)8-12(11)16(5-2)14(15)18/h6-8,13,17H,4-5,9H2,1-3H3. The van der Waals surface area contributed by atoms with E-state index in [1.54, 1.807) is 16.2 Å². The van der Waals surface area contributed by atoms with Crippen LogP contribution in [0.1, 0.15) is 25.5 Å². The van der Waals surface area contributed by atoms with Crippen LogP contribution in [0.2, 0.25) is 0 Å². The smallest absolute Gasteiger partial charge is 0.329 e. The third-order valence-corrected chi connectivity index (χ3v) is 3.38. The predicted molar refractivity (Wildman–Crippen MR) is 74.4 cm³/mol. The van der Waals surface area contributed by atoms with Crippen molar-refractivity contribution < 1.29 is 9.84 Å². The van der Waals surface area contributed by atoms with E-state index in [0.717, 1.165) is 16.6 Å². The molecule has 1 heterocycles. The summed E-state index contributed by atoms with van der Waals surface area (Å²) in [6.07, 6.45) is -0.667. The molecule has 5 heteroatoms. The summed E-state index contributed by atoms with van der Waals surface area (Å²) in [6.45, 7) is 5.40. The Morgan fingerprint density at radius 3 is 2.42 bits per heavy atom. The van der Waals surface area contributed by atoms with Crippen LogP contribution in [0.4, 0.5) is 0 Å². The Kier molecular flexibility index (Phi) is 4.07. The molecule has 5 nitrogen and oxygen atoms in total. The second-order valence-corrected chi connectivity index (χ2v) is 4.49. The molecule has 0 aliphatic rings. The number of benzene rings is 1. The molecule has 0 amide bonds. The maximum Gasteiger partial charge on any atom is 0.329 e. The van der Waals surface area contributed by atoms with Crippen molar-refractivity contribution in [3.8, 4) is 0 Å². The van der Waals surface area contributed by atoms with Crippen LogP contribution in [0.5, 0.6) is 0 Å². The molecule has 0 saturated heterocycles. The maximum absolute atomic E-state index is 12.2. The summed E-state index contributed by atoms with van der Waals surface area (Å²) in [6, 6.07) is 5.61. The number of aliphatic hydroxyl groups is 1. The second kappa shape index (κ2) is 5.59. The van der Waals surface area contributed by atoms with E-state index in [1.807, 2.05) is 32.0 Å². The molecule has 1 N–H and O–H groups in total. The van der Waals surface area contributed by atoms with E-state index >= 15 is 0 Å². The predicted octanol–water partition coefficient (Wildman–Crippen LogP) is 1.52. The van der Waals surface area contributed by atoms with Gasteiger partial charge in [-0.3, -0.25) is 9.13 Å². The van der Waals surface area contributed by atoms with Gasteiger partial charge in [0.2, 0.25) is 0 Å². The molecule has 104 valence electrons. The van der Waals surface area contributed by atoms with Gasteiger partial charge < -0.3 is 9.84 Å². The lowest BCUT2D eigenvalue weighted by molar-refractivity contribution is 0.0644. The SMILES string of the molecule is CCn1c(=O)n(CC)c2cc(C(O)COC)ccc21. The van der Waals surface area contributed by atoms with Gasteiger partial charge in [0.05, 0.1) is 17.6 Å². The van der Waals surface area contributed by atoms with Crippen molar-refractivity contribution in [1.82, 2.24) is 9.13 Å². The molecule has 0 radical (unpaired) electrons. The molecular weight excluding hydrogens is 244 g/mol. The monoisotopic (exact) mass is 264 g/mol. The lowest BCUT2D eigenvalue weighted by Crippen LogP contribution is -2.23. The van der Waals surface area contributed by atoms with Gasteiger partial charge in [-0.15, -0.1) is 0 Å². The lowest BCUT2D eigenvalue weighted by atomic mass is 10.1. The molecule has 0 aliphatic carbocycles. The van der Waals surface area contributed by atoms with Crippen molar-refractivity contribution >= 4 is 11.0 Å². The summed E-state index contributed by atoms with van der Waals surface area (Å²) in [7, 11) is 1.55. The fourth-order valence-electron chi connectivity index (χ4n) is 2.41. The van der Waals surface area contributed by atoms with Crippen LogP contribution in [0.3, 0.4) is 0 Å². The summed E-state index contributed by atoms with van der Waals surface area (Å²) in [4.78, 5) is 12.2. The molecule has 2 aromatic rings. The number of hydrogen-bond donors (Lipinski definition) is 1. The van der Waals surface area contributed by atoms with E-state index in [2.05, 4.69) is 0 Å². The number of hydrogen-bond acceptors (Lipinski definition) is 3. The first-order valence-electron chi connectivity index (χ1n) is 6.54. The molecule has 0 saturated carbocycles. The zero-order valence-corrected chi connectivity index (χ0v) is 11.6. The van der Waals surface area contributed by atoms with Crippen LogP contribution in [0, 0.1) is 0 Å². The number of aryl methyl sites for hydroxylation is 2. The molecule has 1 aromatic heterocycles. The van der Waals surface area contributed by atoms with Crippen molar-refractivity contribution in [3.63, 3.8) is 0 Å². The largest absolute Gasteiger partial charge is 0.386 e. The summed E-state index contributed by atoms with van der Waals surface area (Å²) in [5, 5.41) is 9.96. The zero-order valence-electron chi connectivity index (χ0n) is 11.6. The maximum atomic E-state index is 12.2. The van der Waals surface area contributed by atoms with Gasteiger partial charge >= 0.3 is 5.69 Å². The van der Waals surface area contributed by atoms with E-state index in [9.17, 15) is 9.90 Å². The Morgan fingerprint density at radius 1 is 1.21 bits per heavy atom. The molecule has 0 spiro atoms. The summed E-state index contributed by atoms with van der Waals surface area (Å²) < 4.78 is 8.42. The van der Waals surface area contributed by atoms with E-state index in [4.69, 9.17) is 4.74 Å². The highest BCUT2D eigenvalue weighted by molar-refractivity contribution is 5.77. The van der Waals surface area contributed by atoms with Crippen LogP contribution < -0.4 is 5.69 Å². The third-order valence-electron chi connectivity index (χ3n) is 3.38.